The van der Waals surface area contributed by atoms with Crippen LogP contribution in [0.4, 0.5) is 0 Å². The molecule has 0 bridgehead atoms. The van der Waals surface area contributed by atoms with Gasteiger partial charge in [-0.1, -0.05) is 0 Å². The van der Waals surface area contributed by atoms with Gasteiger partial charge in [-0.2, -0.15) is 0 Å². The van der Waals surface area contributed by atoms with E-state index in [4.69, 9.17) is 10.5 Å². The van der Waals surface area contributed by atoms with Gasteiger partial charge in [0.2, 0.25) is 0 Å². The van der Waals surface area contributed by atoms with E-state index < -0.39 is 0 Å². The number of ether oxygens (including phenoxy) is 1. The van der Waals surface area contributed by atoms with Crippen LogP contribution in [0.1, 0.15) is 39.0 Å². The third-order valence-electron chi connectivity index (χ3n) is 3.43. The van der Waals surface area contributed by atoms with Crippen molar-refractivity contribution >= 4 is 0 Å². The maximum Gasteiger partial charge on any atom is 0.0580 e. The number of rotatable bonds is 5. The summed E-state index contributed by atoms with van der Waals surface area (Å²) in [6.45, 7) is 2.94. The standard InChI is InChI=1S/C11H21NO/c1-2-13-10-5-8(6-10)7-11(12)9-3-4-9/h8-11H,2-7,12H2,1H3. The van der Waals surface area contributed by atoms with E-state index in [0.29, 0.717) is 12.1 Å². The summed E-state index contributed by atoms with van der Waals surface area (Å²) in [4.78, 5) is 0. The zero-order valence-corrected chi connectivity index (χ0v) is 8.54. The fourth-order valence-electron chi connectivity index (χ4n) is 2.34. The molecule has 1 unspecified atom stereocenters. The van der Waals surface area contributed by atoms with Gasteiger partial charge in [-0.05, 0) is 50.9 Å². The monoisotopic (exact) mass is 183 g/mol. The average molecular weight is 183 g/mol. The highest BCUT2D eigenvalue weighted by Gasteiger charge is 2.35. The molecule has 76 valence electrons. The quantitative estimate of drug-likeness (QED) is 0.707. The summed E-state index contributed by atoms with van der Waals surface area (Å²) in [5.41, 5.74) is 6.07. The van der Waals surface area contributed by atoms with Crippen molar-refractivity contribution < 1.29 is 4.74 Å². The molecule has 13 heavy (non-hydrogen) atoms. The van der Waals surface area contributed by atoms with E-state index in [1.807, 2.05) is 0 Å². The highest BCUT2D eigenvalue weighted by molar-refractivity contribution is 4.89. The molecule has 2 aliphatic carbocycles. The van der Waals surface area contributed by atoms with E-state index in [0.717, 1.165) is 18.4 Å². The van der Waals surface area contributed by atoms with Crippen molar-refractivity contribution in [2.45, 2.75) is 51.2 Å². The summed E-state index contributed by atoms with van der Waals surface area (Å²) >= 11 is 0. The van der Waals surface area contributed by atoms with Gasteiger partial charge in [0.05, 0.1) is 6.10 Å². The van der Waals surface area contributed by atoms with Crippen LogP contribution < -0.4 is 5.73 Å². The summed E-state index contributed by atoms with van der Waals surface area (Å²) in [6.07, 6.45) is 7.07. The van der Waals surface area contributed by atoms with Crippen LogP contribution in [0.15, 0.2) is 0 Å². The summed E-state index contributed by atoms with van der Waals surface area (Å²) in [5, 5.41) is 0. The normalized spacial score (nSPS) is 35.5. The molecule has 0 heterocycles. The molecule has 2 aliphatic rings. The Balaban J connectivity index is 1.58. The van der Waals surface area contributed by atoms with Crippen molar-refractivity contribution in [3.8, 4) is 0 Å². The molecular weight excluding hydrogens is 162 g/mol. The van der Waals surface area contributed by atoms with Crippen LogP contribution in [-0.2, 0) is 4.74 Å². The lowest BCUT2D eigenvalue weighted by molar-refractivity contribution is -0.0285. The molecular formula is C11H21NO. The summed E-state index contributed by atoms with van der Waals surface area (Å²) in [5.74, 6) is 1.73. The Morgan fingerprint density at radius 3 is 2.62 bits per heavy atom. The molecule has 0 amide bonds. The fourth-order valence-corrected chi connectivity index (χ4v) is 2.34. The van der Waals surface area contributed by atoms with Gasteiger partial charge < -0.3 is 10.5 Å². The van der Waals surface area contributed by atoms with Crippen LogP contribution in [0.5, 0.6) is 0 Å². The Bertz CT molecular complexity index is 161. The lowest BCUT2D eigenvalue weighted by atomic mass is 9.77. The Hall–Kier alpha value is -0.0800. The summed E-state index contributed by atoms with van der Waals surface area (Å²) in [7, 11) is 0. The Morgan fingerprint density at radius 1 is 1.38 bits per heavy atom. The number of hydrogen-bond donors (Lipinski definition) is 1. The lowest BCUT2D eigenvalue weighted by Gasteiger charge is -2.36. The smallest absolute Gasteiger partial charge is 0.0580 e. The molecule has 0 aromatic carbocycles. The second-order valence-electron chi connectivity index (χ2n) is 4.65. The summed E-state index contributed by atoms with van der Waals surface area (Å²) < 4.78 is 5.52. The van der Waals surface area contributed by atoms with Crippen LogP contribution in [0.25, 0.3) is 0 Å². The van der Waals surface area contributed by atoms with Crippen LogP contribution >= 0.6 is 0 Å². The molecule has 0 aromatic heterocycles. The first kappa shape index (κ1) is 9.47. The maximum absolute atomic E-state index is 6.07. The third kappa shape index (κ3) is 2.44. The highest BCUT2D eigenvalue weighted by atomic mass is 16.5. The highest BCUT2D eigenvalue weighted by Crippen LogP contribution is 2.39. The van der Waals surface area contributed by atoms with E-state index in [2.05, 4.69) is 6.92 Å². The average Bonchev–Trinajstić information content (AvgIpc) is 2.82. The van der Waals surface area contributed by atoms with Crippen molar-refractivity contribution in [1.82, 2.24) is 0 Å². The van der Waals surface area contributed by atoms with Gasteiger partial charge in [0.1, 0.15) is 0 Å². The largest absolute Gasteiger partial charge is 0.378 e. The minimum atomic E-state index is 0.493. The van der Waals surface area contributed by atoms with Crippen LogP contribution in [0.2, 0.25) is 0 Å². The van der Waals surface area contributed by atoms with E-state index in [-0.39, 0.29) is 0 Å². The van der Waals surface area contributed by atoms with Crippen LogP contribution in [-0.4, -0.2) is 18.8 Å². The van der Waals surface area contributed by atoms with E-state index in [9.17, 15) is 0 Å². The zero-order chi connectivity index (χ0) is 9.26. The molecule has 2 rings (SSSR count). The molecule has 1 atom stereocenters. The third-order valence-corrected chi connectivity index (χ3v) is 3.43. The van der Waals surface area contributed by atoms with Crippen LogP contribution in [0.3, 0.4) is 0 Å². The molecule has 0 aromatic rings. The number of hydrogen-bond acceptors (Lipinski definition) is 2. The molecule has 0 radical (unpaired) electrons. The first-order valence-electron chi connectivity index (χ1n) is 5.66. The van der Waals surface area contributed by atoms with Crippen molar-refractivity contribution in [2.24, 2.45) is 17.6 Å². The van der Waals surface area contributed by atoms with Crippen LogP contribution in [0, 0.1) is 11.8 Å². The van der Waals surface area contributed by atoms with E-state index in [1.165, 1.54) is 32.1 Å². The van der Waals surface area contributed by atoms with Gasteiger partial charge in [-0.15, -0.1) is 0 Å². The molecule has 0 saturated heterocycles. The van der Waals surface area contributed by atoms with Crippen molar-refractivity contribution in [3.05, 3.63) is 0 Å². The molecule has 2 fully saturated rings. The zero-order valence-electron chi connectivity index (χ0n) is 8.54. The maximum atomic E-state index is 6.07. The minimum Gasteiger partial charge on any atom is -0.378 e. The fraction of sp³-hybridized carbons (Fsp3) is 1.00. The second kappa shape index (κ2) is 3.97. The first-order valence-corrected chi connectivity index (χ1v) is 5.66. The Morgan fingerprint density at radius 2 is 2.08 bits per heavy atom. The Labute approximate surface area is 80.8 Å². The van der Waals surface area contributed by atoms with Gasteiger partial charge in [0, 0.05) is 12.6 Å². The van der Waals surface area contributed by atoms with Gasteiger partial charge in [0.25, 0.3) is 0 Å². The SMILES string of the molecule is CCOC1CC(CC(N)C2CC2)C1. The lowest BCUT2D eigenvalue weighted by Crippen LogP contribution is -2.36. The van der Waals surface area contributed by atoms with Crippen molar-refractivity contribution in [2.75, 3.05) is 6.61 Å². The molecule has 2 saturated carbocycles. The van der Waals surface area contributed by atoms with Gasteiger partial charge in [0.15, 0.2) is 0 Å². The summed E-state index contributed by atoms with van der Waals surface area (Å²) in [6, 6.07) is 0.493. The van der Waals surface area contributed by atoms with Gasteiger partial charge >= 0.3 is 0 Å². The van der Waals surface area contributed by atoms with Crippen molar-refractivity contribution in [3.63, 3.8) is 0 Å². The molecule has 2 N–H and O–H groups in total. The van der Waals surface area contributed by atoms with Crippen molar-refractivity contribution in [1.29, 1.82) is 0 Å². The Kier molecular flexibility index (Phi) is 2.89. The second-order valence-corrected chi connectivity index (χ2v) is 4.65. The molecule has 2 nitrogen and oxygen atoms in total. The molecule has 2 heteroatoms. The molecule has 0 spiro atoms. The van der Waals surface area contributed by atoms with E-state index in [1.54, 1.807) is 0 Å². The van der Waals surface area contributed by atoms with E-state index >= 15 is 0 Å². The predicted molar refractivity (Wildman–Crippen MR) is 53.5 cm³/mol. The minimum absolute atomic E-state index is 0.493. The van der Waals surface area contributed by atoms with Gasteiger partial charge in [-0.3, -0.25) is 0 Å². The predicted octanol–water partition coefficient (Wildman–Crippen LogP) is 1.93. The first-order chi connectivity index (χ1) is 6.29. The van der Waals surface area contributed by atoms with Gasteiger partial charge in [-0.25, -0.2) is 0 Å². The topological polar surface area (TPSA) is 35.2 Å². The number of nitrogens with two attached hydrogens (primary N) is 1. The molecule has 0 aliphatic heterocycles.